The van der Waals surface area contributed by atoms with Crippen LogP contribution in [0, 0.1) is 35.0 Å². The normalized spacial score (nSPS) is 48.5. The Labute approximate surface area is 298 Å². The molecule has 0 bridgehead atoms. The van der Waals surface area contributed by atoms with Gasteiger partial charge in [0.05, 0.1) is 61.4 Å². The summed E-state index contributed by atoms with van der Waals surface area (Å²) in [5, 5.41) is 50.3. The molecule has 286 valence electrons. The number of carboxylic acids is 1. The molecule has 17 atom stereocenters. The third-order valence-electron chi connectivity index (χ3n) is 13.7. The number of ether oxygens (including phenoxy) is 4. The maximum Gasteiger partial charge on any atom is 0.311 e. The minimum absolute atomic E-state index is 0.0320. The molecule has 12 heteroatoms. The number of nitrogens with one attached hydrogen (secondary N) is 2. The zero-order chi connectivity index (χ0) is 35.6. The van der Waals surface area contributed by atoms with E-state index in [-0.39, 0.29) is 60.9 Å². The van der Waals surface area contributed by atoms with E-state index in [2.05, 4.69) is 23.6 Å². The van der Waals surface area contributed by atoms with Crippen molar-refractivity contribution < 1.29 is 44.2 Å². The van der Waals surface area contributed by atoms with E-state index < -0.39 is 47.8 Å². The number of hydrogen-bond acceptors (Lipinski definition) is 11. The quantitative estimate of drug-likeness (QED) is 0.156. The molecule has 9 unspecified atom stereocenters. The van der Waals surface area contributed by atoms with Gasteiger partial charge in [-0.15, -0.1) is 0 Å². The lowest BCUT2D eigenvalue weighted by molar-refractivity contribution is -0.183. The van der Waals surface area contributed by atoms with Crippen LogP contribution in [-0.4, -0.2) is 121 Å². The number of hydrogen-bond donors (Lipinski definition) is 7. The average Bonchev–Trinajstić information content (AvgIpc) is 3.48. The van der Waals surface area contributed by atoms with Crippen LogP contribution in [0.2, 0.25) is 0 Å². The van der Waals surface area contributed by atoms with Gasteiger partial charge in [-0.3, -0.25) is 4.79 Å². The maximum atomic E-state index is 12.8. The van der Waals surface area contributed by atoms with E-state index in [1.54, 1.807) is 14.2 Å². The second-order valence-electron chi connectivity index (χ2n) is 16.7. The van der Waals surface area contributed by atoms with Crippen LogP contribution in [0.1, 0.15) is 90.4 Å². The number of aliphatic hydroxyl groups is 3. The van der Waals surface area contributed by atoms with Crippen LogP contribution in [-0.2, 0) is 23.7 Å². The SMILES string of the molecule is COC1CC(CC[C@H]2C[C@H](O)C[C@H](C3CC(OC)C(O)C(OC[C@H]4N[C@@H](C)CC[C@@]45[C@H](C(=O)O)C=C[C@H]5C4CCNC(N)C4)C3)O2)CCC1O. The lowest BCUT2D eigenvalue weighted by Gasteiger charge is -2.53. The first-order chi connectivity index (χ1) is 24.0. The molecule has 6 aliphatic rings. The van der Waals surface area contributed by atoms with E-state index in [0.717, 1.165) is 64.3 Å². The number of methoxy groups -OCH3 is 2. The molecular weight excluding hydrogens is 642 g/mol. The molecule has 3 aliphatic heterocycles. The highest BCUT2D eigenvalue weighted by Crippen LogP contribution is 2.56. The molecule has 6 rings (SSSR count). The summed E-state index contributed by atoms with van der Waals surface area (Å²) in [5.74, 6) is -0.593. The highest BCUT2D eigenvalue weighted by atomic mass is 16.5. The second-order valence-corrected chi connectivity index (χ2v) is 16.7. The van der Waals surface area contributed by atoms with Crippen molar-refractivity contribution in [2.45, 2.75) is 157 Å². The van der Waals surface area contributed by atoms with Crippen LogP contribution in [0.15, 0.2) is 12.2 Å². The summed E-state index contributed by atoms with van der Waals surface area (Å²) in [7, 11) is 3.29. The molecule has 12 nitrogen and oxygen atoms in total. The van der Waals surface area contributed by atoms with Crippen LogP contribution in [0.3, 0.4) is 0 Å². The predicted molar refractivity (Wildman–Crippen MR) is 187 cm³/mol. The third-order valence-corrected chi connectivity index (χ3v) is 13.7. The molecule has 0 radical (unpaired) electrons. The summed E-state index contributed by atoms with van der Waals surface area (Å²) >= 11 is 0. The zero-order valence-electron chi connectivity index (χ0n) is 30.4. The van der Waals surface area contributed by atoms with E-state index >= 15 is 0 Å². The summed E-state index contributed by atoms with van der Waals surface area (Å²) in [6.45, 7) is 3.25. The van der Waals surface area contributed by atoms with Gasteiger partial charge in [0, 0.05) is 31.7 Å². The summed E-state index contributed by atoms with van der Waals surface area (Å²) in [6, 6.07) is -0.00755. The molecule has 2 saturated carbocycles. The molecule has 3 aliphatic carbocycles. The number of aliphatic carboxylic acids is 1. The van der Waals surface area contributed by atoms with Gasteiger partial charge < -0.3 is 55.7 Å². The van der Waals surface area contributed by atoms with Gasteiger partial charge in [0.25, 0.3) is 0 Å². The lowest BCUT2D eigenvalue weighted by Crippen LogP contribution is -2.63. The molecule has 0 aromatic rings. The number of carboxylic acid groups (broad SMARTS) is 1. The summed E-state index contributed by atoms with van der Waals surface area (Å²) in [5.41, 5.74) is 5.79. The van der Waals surface area contributed by atoms with Crippen molar-refractivity contribution in [1.82, 2.24) is 10.6 Å². The number of nitrogens with two attached hydrogens (primary N) is 1. The minimum Gasteiger partial charge on any atom is -0.481 e. The molecule has 1 spiro atoms. The summed E-state index contributed by atoms with van der Waals surface area (Å²) in [4.78, 5) is 12.8. The van der Waals surface area contributed by atoms with E-state index in [0.29, 0.717) is 31.6 Å². The van der Waals surface area contributed by atoms with E-state index in [9.17, 15) is 25.2 Å². The molecule has 8 N–H and O–H groups in total. The number of allylic oxidation sites excluding steroid dienone is 1. The van der Waals surface area contributed by atoms with Crippen molar-refractivity contribution >= 4 is 5.97 Å². The highest BCUT2D eigenvalue weighted by Gasteiger charge is 2.59. The average molecular weight is 708 g/mol. The van der Waals surface area contributed by atoms with E-state index in [1.807, 2.05) is 6.08 Å². The number of aliphatic hydroxyl groups excluding tert-OH is 3. The second kappa shape index (κ2) is 16.9. The fourth-order valence-electron chi connectivity index (χ4n) is 11.0. The van der Waals surface area contributed by atoms with Crippen molar-refractivity contribution in [3.8, 4) is 0 Å². The van der Waals surface area contributed by atoms with Gasteiger partial charge >= 0.3 is 5.97 Å². The van der Waals surface area contributed by atoms with E-state index in [1.165, 1.54) is 0 Å². The van der Waals surface area contributed by atoms with Gasteiger partial charge in [-0.2, -0.15) is 0 Å². The Bertz CT molecular complexity index is 1150. The van der Waals surface area contributed by atoms with Crippen LogP contribution in [0.25, 0.3) is 0 Å². The molecule has 0 amide bonds. The molecule has 3 heterocycles. The fraction of sp³-hybridized carbons (Fsp3) is 0.921. The molecule has 5 fully saturated rings. The number of rotatable bonds is 11. The highest BCUT2D eigenvalue weighted by molar-refractivity contribution is 5.74. The van der Waals surface area contributed by atoms with Crippen LogP contribution in [0.5, 0.6) is 0 Å². The first-order valence-corrected chi connectivity index (χ1v) is 19.5. The van der Waals surface area contributed by atoms with Crippen LogP contribution >= 0.6 is 0 Å². The Morgan fingerprint density at radius 1 is 0.920 bits per heavy atom. The zero-order valence-corrected chi connectivity index (χ0v) is 30.4. The number of carbonyl (C=O) groups is 1. The van der Waals surface area contributed by atoms with Crippen molar-refractivity contribution in [2.75, 3.05) is 27.4 Å². The fourth-order valence-corrected chi connectivity index (χ4v) is 11.0. The predicted octanol–water partition coefficient (Wildman–Crippen LogP) is 2.32. The van der Waals surface area contributed by atoms with Crippen molar-refractivity contribution in [3.05, 3.63) is 12.2 Å². The number of piperidine rings is 2. The topological polar surface area (TPSA) is 185 Å². The van der Waals surface area contributed by atoms with Gasteiger partial charge in [-0.05, 0) is 121 Å². The smallest absolute Gasteiger partial charge is 0.311 e. The van der Waals surface area contributed by atoms with Crippen molar-refractivity contribution in [2.24, 2.45) is 40.7 Å². The summed E-state index contributed by atoms with van der Waals surface area (Å²) in [6.07, 6.45) is 11.1. The Kier molecular flexibility index (Phi) is 13.0. The van der Waals surface area contributed by atoms with Crippen LogP contribution in [0.4, 0.5) is 0 Å². The molecule has 3 saturated heterocycles. The Hall–Kier alpha value is -1.19. The molecule has 50 heavy (non-hydrogen) atoms. The Morgan fingerprint density at radius 3 is 2.44 bits per heavy atom. The minimum atomic E-state index is -0.830. The first-order valence-electron chi connectivity index (χ1n) is 19.5. The van der Waals surface area contributed by atoms with E-state index in [4.69, 9.17) is 24.7 Å². The van der Waals surface area contributed by atoms with Gasteiger partial charge in [-0.1, -0.05) is 12.2 Å². The standard InChI is InChI=1S/C38H65N3O9/c1-21-10-12-38(27(7-8-28(38)37(45)46)23-11-13-40-35(39)17-23)34(41-21)20-49-33-16-24(15-32(48-3)36(33)44)30-19-25(42)18-26(50-30)6-4-22-5-9-29(43)31(14-22)47-2/h7-8,21-36,40-44H,4-6,9-20,39H2,1-3H3,(H,45,46)/t21-,22?,23?,24?,25-,26-,27-,28-,29?,30+,31?,32?,33?,34+,35?,36?,38+/m0/s1. The van der Waals surface area contributed by atoms with Gasteiger partial charge in [-0.25, -0.2) is 0 Å². The molecule has 0 aromatic carbocycles. The maximum absolute atomic E-state index is 12.8. The lowest BCUT2D eigenvalue weighted by atomic mass is 9.57. The molecule has 0 aromatic heterocycles. The monoisotopic (exact) mass is 707 g/mol. The van der Waals surface area contributed by atoms with Gasteiger partial charge in [0.2, 0.25) is 0 Å². The Morgan fingerprint density at radius 2 is 1.70 bits per heavy atom. The molecular formula is C38H65N3O9. The van der Waals surface area contributed by atoms with Crippen LogP contribution < -0.4 is 16.4 Å². The Balaban J connectivity index is 1.13. The van der Waals surface area contributed by atoms with Crippen molar-refractivity contribution in [1.29, 1.82) is 0 Å². The largest absolute Gasteiger partial charge is 0.481 e. The van der Waals surface area contributed by atoms with Gasteiger partial charge in [0.1, 0.15) is 6.10 Å². The van der Waals surface area contributed by atoms with Crippen molar-refractivity contribution in [3.63, 3.8) is 0 Å². The van der Waals surface area contributed by atoms with Gasteiger partial charge in [0.15, 0.2) is 0 Å². The first kappa shape index (κ1) is 38.5. The summed E-state index contributed by atoms with van der Waals surface area (Å²) < 4.78 is 24.8. The third kappa shape index (κ3) is 8.30.